The van der Waals surface area contributed by atoms with Crippen LogP contribution >= 0.6 is 0 Å². The molecule has 1 saturated heterocycles. The Balaban J connectivity index is 2.44. The van der Waals surface area contributed by atoms with Crippen LogP contribution in [0.4, 0.5) is 0 Å². The molecule has 1 N–H and O–H groups in total. The summed E-state index contributed by atoms with van der Waals surface area (Å²) in [7, 11) is -3.51. The zero-order valence-corrected chi connectivity index (χ0v) is 10.3. The maximum atomic E-state index is 11.6. The summed E-state index contributed by atoms with van der Waals surface area (Å²) in [4.78, 5) is 0. The maximum absolute atomic E-state index is 11.6. The molecule has 0 radical (unpaired) electrons. The zero-order valence-electron chi connectivity index (χ0n) is 9.48. The van der Waals surface area contributed by atoms with Crippen LogP contribution in [0, 0.1) is 11.3 Å². The molecule has 1 heterocycles. The summed E-state index contributed by atoms with van der Waals surface area (Å²) in [5, 5.41) is 7.74. The van der Waals surface area contributed by atoms with Gasteiger partial charge in [0.15, 0.2) is 5.25 Å². The summed E-state index contributed by atoms with van der Waals surface area (Å²) in [6.45, 7) is 2.66. The Morgan fingerprint density at radius 2 is 2.31 bits per heavy atom. The zero-order chi connectivity index (χ0) is 12.0. The third-order valence-corrected chi connectivity index (χ3v) is 4.43. The van der Waals surface area contributed by atoms with Gasteiger partial charge in [0.1, 0.15) is 0 Å². The predicted molar refractivity (Wildman–Crippen MR) is 60.2 cm³/mol. The highest BCUT2D eigenvalue weighted by molar-refractivity contribution is 7.90. The topological polar surface area (TPSA) is 79.2 Å². The third-order valence-electron chi connectivity index (χ3n) is 2.68. The van der Waals surface area contributed by atoms with Gasteiger partial charge in [0.05, 0.1) is 12.2 Å². The Kier molecular flexibility index (Phi) is 5.19. The maximum Gasteiger partial charge on any atom is 0.228 e. The van der Waals surface area contributed by atoms with Gasteiger partial charge in [-0.25, -0.2) is 13.1 Å². The van der Waals surface area contributed by atoms with Crippen molar-refractivity contribution in [3.8, 4) is 6.07 Å². The Hall–Kier alpha value is -0.640. The molecule has 0 bridgehead atoms. The van der Waals surface area contributed by atoms with Crippen LogP contribution in [0.1, 0.15) is 32.6 Å². The van der Waals surface area contributed by atoms with Gasteiger partial charge >= 0.3 is 0 Å². The van der Waals surface area contributed by atoms with Gasteiger partial charge in [-0.05, 0) is 25.7 Å². The highest BCUT2D eigenvalue weighted by atomic mass is 32.2. The first kappa shape index (κ1) is 13.4. The van der Waals surface area contributed by atoms with Crippen LogP contribution in [0.2, 0.25) is 0 Å². The Morgan fingerprint density at radius 3 is 2.81 bits per heavy atom. The lowest BCUT2D eigenvalue weighted by Crippen LogP contribution is -2.39. The van der Waals surface area contributed by atoms with E-state index >= 15 is 0 Å². The number of ether oxygens (including phenoxy) is 1. The summed E-state index contributed by atoms with van der Waals surface area (Å²) in [5.74, 6) is 0. The lowest BCUT2D eigenvalue weighted by atomic mass is 10.1. The number of hydrogen-bond donors (Lipinski definition) is 1. The normalized spacial score (nSPS) is 23.6. The molecule has 16 heavy (non-hydrogen) atoms. The van der Waals surface area contributed by atoms with Crippen LogP contribution in [0.5, 0.6) is 0 Å². The van der Waals surface area contributed by atoms with E-state index in [0.717, 1.165) is 19.3 Å². The molecule has 2 atom stereocenters. The van der Waals surface area contributed by atoms with Crippen molar-refractivity contribution in [3.05, 3.63) is 0 Å². The van der Waals surface area contributed by atoms with Gasteiger partial charge in [0, 0.05) is 13.2 Å². The molecule has 5 nitrogen and oxygen atoms in total. The minimum absolute atomic E-state index is 0.0419. The van der Waals surface area contributed by atoms with Gasteiger partial charge < -0.3 is 4.74 Å². The fraction of sp³-hybridized carbons (Fsp3) is 0.900. The number of nitriles is 1. The Labute approximate surface area is 96.8 Å². The molecule has 6 heteroatoms. The Bertz CT molecular complexity index is 342. The quantitative estimate of drug-likeness (QED) is 0.777. The van der Waals surface area contributed by atoms with Crippen LogP contribution in [-0.4, -0.2) is 32.9 Å². The second-order valence-corrected chi connectivity index (χ2v) is 5.86. The lowest BCUT2D eigenvalue weighted by Gasteiger charge is -2.23. The van der Waals surface area contributed by atoms with Crippen LogP contribution in [0.3, 0.4) is 0 Å². The van der Waals surface area contributed by atoms with E-state index in [1.165, 1.54) is 0 Å². The van der Waals surface area contributed by atoms with Crippen LogP contribution < -0.4 is 4.72 Å². The first-order chi connectivity index (χ1) is 7.60. The first-order valence-corrected chi connectivity index (χ1v) is 7.14. The van der Waals surface area contributed by atoms with Crippen molar-refractivity contribution >= 4 is 10.0 Å². The molecule has 1 rings (SSSR count). The summed E-state index contributed by atoms with van der Waals surface area (Å²) in [6.07, 6.45) is 3.25. The molecular formula is C10H18N2O3S. The smallest absolute Gasteiger partial charge is 0.228 e. The molecule has 1 aliphatic rings. The van der Waals surface area contributed by atoms with E-state index in [1.54, 1.807) is 13.0 Å². The number of rotatable bonds is 5. The highest BCUT2D eigenvalue weighted by Gasteiger charge is 2.24. The number of sulfonamides is 1. The molecular weight excluding hydrogens is 228 g/mol. The van der Waals surface area contributed by atoms with Gasteiger partial charge in [-0.3, -0.25) is 0 Å². The molecule has 0 aromatic heterocycles. The van der Waals surface area contributed by atoms with Crippen LogP contribution in [0.15, 0.2) is 0 Å². The molecule has 92 valence electrons. The van der Waals surface area contributed by atoms with Crippen molar-refractivity contribution in [2.75, 3.05) is 13.2 Å². The number of nitrogens with one attached hydrogen (secondary N) is 1. The molecule has 0 saturated carbocycles. The molecule has 0 aromatic rings. The largest absolute Gasteiger partial charge is 0.377 e. The second-order valence-electron chi connectivity index (χ2n) is 3.91. The van der Waals surface area contributed by atoms with E-state index in [-0.39, 0.29) is 12.6 Å². The van der Waals surface area contributed by atoms with Crippen molar-refractivity contribution in [2.45, 2.75) is 44.0 Å². The summed E-state index contributed by atoms with van der Waals surface area (Å²) < 4.78 is 31.2. The molecule has 1 aliphatic heterocycles. The fourth-order valence-electron chi connectivity index (χ4n) is 1.66. The molecule has 0 amide bonds. The van der Waals surface area contributed by atoms with Crippen molar-refractivity contribution in [1.29, 1.82) is 5.26 Å². The van der Waals surface area contributed by atoms with Crippen LogP contribution in [0.25, 0.3) is 0 Å². The summed E-state index contributed by atoms with van der Waals surface area (Å²) in [6, 6.07) is 1.79. The third kappa shape index (κ3) is 3.74. The first-order valence-electron chi connectivity index (χ1n) is 5.60. The van der Waals surface area contributed by atoms with Crippen LogP contribution in [-0.2, 0) is 14.8 Å². The minimum atomic E-state index is -3.51. The van der Waals surface area contributed by atoms with Crippen molar-refractivity contribution < 1.29 is 13.2 Å². The average molecular weight is 246 g/mol. The van der Waals surface area contributed by atoms with Crippen molar-refractivity contribution in [1.82, 2.24) is 4.72 Å². The number of hydrogen-bond acceptors (Lipinski definition) is 4. The standard InChI is InChI=1S/C10H18N2O3S/c1-2-10(7-11)16(13,14)12-8-9-5-3-4-6-15-9/h9-10,12H,2-6,8H2,1H3. The van der Waals surface area contributed by atoms with Gasteiger partial charge in [-0.15, -0.1) is 0 Å². The van der Waals surface area contributed by atoms with Crippen molar-refractivity contribution in [2.24, 2.45) is 0 Å². The molecule has 1 fully saturated rings. The van der Waals surface area contributed by atoms with E-state index in [1.807, 2.05) is 0 Å². The fourth-order valence-corrected chi connectivity index (χ4v) is 2.86. The lowest BCUT2D eigenvalue weighted by molar-refractivity contribution is 0.0200. The van der Waals surface area contributed by atoms with Gasteiger partial charge in [0.25, 0.3) is 0 Å². The molecule has 0 aliphatic carbocycles. The highest BCUT2D eigenvalue weighted by Crippen LogP contribution is 2.12. The Morgan fingerprint density at radius 1 is 1.56 bits per heavy atom. The van der Waals surface area contributed by atoms with E-state index in [2.05, 4.69) is 4.72 Å². The average Bonchev–Trinajstić information content (AvgIpc) is 2.29. The second kappa shape index (κ2) is 6.18. The molecule has 0 spiro atoms. The SMILES string of the molecule is CCC(C#N)S(=O)(=O)NCC1CCCCO1. The predicted octanol–water partition coefficient (Wildman–Crippen LogP) is 0.777. The number of nitrogens with zero attached hydrogens (tertiary/aromatic N) is 1. The van der Waals surface area contributed by atoms with E-state index in [4.69, 9.17) is 10.00 Å². The van der Waals surface area contributed by atoms with Crippen molar-refractivity contribution in [3.63, 3.8) is 0 Å². The van der Waals surface area contributed by atoms with E-state index in [0.29, 0.717) is 13.0 Å². The van der Waals surface area contributed by atoms with E-state index < -0.39 is 15.3 Å². The molecule has 2 unspecified atom stereocenters. The monoisotopic (exact) mass is 246 g/mol. The molecule has 0 aromatic carbocycles. The van der Waals surface area contributed by atoms with Gasteiger partial charge in [-0.2, -0.15) is 5.26 Å². The summed E-state index contributed by atoms with van der Waals surface area (Å²) >= 11 is 0. The minimum Gasteiger partial charge on any atom is -0.377 e. The summed E-state index contributed by atoms with van der Waals surface area (Å²) in [5.41, 5.74) is 0. The van der Waals surface area contributed by atoms with Gasteiger partial charge in [0.2, 0.25) is 10.0 Å². The van der Waals surface area contributed by atoms with E-state index in [9.17, 15) is 8.42 Å². The van der Waals surface area contributed by atoms with Gasteiger partial charge in [-0.1, -0.05) is 6.92 Å².